The van der Waals surface area contributed by atoms with Crippen molar-refractivity contribution in [1.82, 2.24) is 10.2 Å². The van der Waals surface area contributed by atoms with Crippen molar-refractivity contribution in [2.24, 2.45) is 5.92 Å². The Labute approximate surface area is 224 Å². The van der Waals surface area contributed by atoms with E-state index in [-0.39, 0.29) is 30.5 Å². The zero-order chi connectivity index (χ0) is 27.7. The minimum atomic E-state index is -3.90. The molecule has 0 aliphatic heterocycles. The van der Waals surface area contributed by atoms with Crippen LogP contribution in [0.25, 0.3) is 0 Å². The summed E-state index contributed by atoms with van der Waals surface area (Å²) in [5.74, 6) is -1.19. The van der Waals surface area contributed by atoms with Crippen LogP contribution in [0.5, 0.6) is 0 Å². The Hall–Kier alpha value is -3.72. The van der Waals surface area contributed by atoms with Crippen molar-refractivity contribution < 1.29 is 22.4 Å². The Kier molecular flexibility index (Phi) is 10.0. The van der Waals surface area contributed by atoms with Crippen LogP contribution < -0.4 is 9.62 Å². The van der Waals surface area contributed by atoms with E-state index < -0.39 is 34.3 Å². The zero-order valence-corrected chi connectivity index (χ0v) is 22.7. The van der Waals surface area contributed by atoms with Gasteiger partial charge in [0, 0.05) is 19.5 Å². The summed E-state index contributed by atoms with van der Waals surface area (Å²) in [6.07, 6.45) is 1.24. The second-order valence-corrected chi connectivity index (χ2v) is 11.5. The molecule has 0 aliphatic rings. The Morgan fingerprint density at radius 3 is 1.95 bits per heavy atom. The largest absolute Gasteiger partial charge is 0.354 e. The van der Waals surface area contributed by atoms with Crippen LogP contribution in [0.4, 0.5) is 10.1 Å². The summed E-state index contributed by atoms with van der Waals surface area (Å²) in [6, 6.07) is 22.6. The number of sulfonamides is 1. The Balaban J connectivity index is 2.01. The number of carbonyl (C=O) groups excluding carboxylic acids is 2. The molecule has 0 fully saturated rings. The third-order valence-electron chi connectivity index (χ3n) is 5.95. The van der Waals surface area contributed by atoms with E-state index in [1.54, 1.807) is 0 Å². The van der Waals surface area contributed by atoms with Gasteiger partial charge >= 0.3 is 0 Å². The summed E-state index contributed by atoms with van der Waals surface area (Å²) < 4.78 is 39.8. The summed E-state index contributed by atoms with van der Waals surface area (Å²) in [6.45, 7) is 3.95. The fourth-order valence-corrected chi connectivity index (χ4v) is 4.83. The first-order chi connectivity index (χ1) is 18.0. The molecule has 0 saturated heterocycles. The zero-order valence-electron chi connectivity index (χ0n) is 21.9. The van der Waals surface area contributed by atoms with E-state index in [0.29, 0.717) is 6.54 Å². The molecule has 1 unspecified atom stereocenters. The number of nitrogens with zero attached hydrogens (tertiary/aromatic N) is 2. The molecule has 202 valence electrons. The van der Waals surface area contributed by atoms with Crippen molar-refractivity contribution in [2.45, 2.75) is 32.9 Å². The van der Waals surface area contributed by atoms with Crippen LogP contribution in [0.3, 0.4) is 0 Å². The van der Waals surface area contributed by atoms with E-state index >= 15 is 0 Å². The monoisotopic (exact) mass is 539 g/mol. The quantitative estimate of drug-likeness (QED) is 0.377. The number of carbonyl (C=O) groups is 2. The average molecular weight is 540 g/mol. The highest BCUT2D eigenvalue weighted by Gasteiger charge is 2.33. The normalized spacial score (nSPS) is 12.1. The summed E-state index contributed by atoms with van der Waals surface area (Å²) in [5, 5.41) is 2.94. The first-order valence-electron chi connectivity index (χ1n) is 12.4. The molecule has 2 amide bonds. The number of hydrogen-bond acceptors (Lipinski definition) is 4. The van der Waals surface area contributed by atoms with Gasteiger partial charge in [0.2, 0.25) is 21.8 Å². The van der Waals surface area contributed by atoms with Gasteiger partial charge < -0.3 is 10.2 Å². The van der Waals surface area contributed by atoms with Gasteiger partial charge in [0.1, 0.15) is 18.4 Å². The number of hydrogen-bond donors (Lipinski definition) is 1. The van der Waals surface area contributed by atoms with Gasteiger partial charge in [-0.3, -0.25) is 13.9 Å². The molecule has 3 aromatic rings. The first kappa shape index (κ1) is 28.8. The number of benzene rings is 3. The van der Waals surface area contributed by atoms with Gasteiger partial charge in [-0.1, -0.05) is 74.5 Å². The maximum absolute atomic E-state index is 13.9. The third kappa shape index (κ3) is 8.41. The lowest BCUT2D eigenvalue weighted by Crippen LogP contribution is -2.53. The van der Waals surface area contributed by atoms with E-state index in [2.05, 4.69) is 5.32 Å². The molecule has 38 heavy (non-hydrogen) atoms. The molecule has 0 aromatic heterocycles. The number of halogens is 1. The molecule has 9 heteroatoms. The fourth-order valence-electron chi connectivity index (χ4n) is 3.98. The smallest absolute Gasteiger partial charge is 0.244 e. The summed E-state index contributed by atoms with van der Waals surface area (Å²) in [7, 11) is -3.90. The van der Waals surface area contributed by atoms with Crippen molar-refractivity contribution in [2.75, 3.05) is 23.7 Å². The van der Waals surface area contributed by atoms with E-state index in [1.165, 1.54) is 17.0 Å². The van der Waals surface area contributed by atoms with Crippen LogP contribution in [-0.2, 0) is 32.6 Å². The summed E-state index contributed by atoms with van der Waals surface area (Å²) >= 11 is 0. The van der Waals surface area contributed by atoms with Gasteiger partial charge in [0.05, 0.1) is 11.9 Å². The van der Waals surface area contributed by atoms with Gasteiger partial charge in [0.15, 0.2) is 0 Å². The lowest BCUT2D eigenvalue weighted by Gasteiger charge is -2.33. The van der Waals surface area contributed by atoms with Gasteiger partial charge in [0.25, 0.3) is 0 Å². The van der Waals surface area contributed by atoms with Crippen molar-refractivity contribution in [1.29, 1.82) is 0 Å². The number of anilines is 1. The molecule has 3 rings (SSSR count). The second kappa shape index (κ2) is 13.2. The molecule has 7 nitrogen and oxygen atoms in total. The van der Waals surface area contributed by atoms with E-state index in [0.717, 1.165) is 33.8 Å². The first-order valence-corrected chi connectivity index (χ1v) is 14.3. The molecule has 1 N–H and O–H groups in total. The van der Waals surface area contributed by atoms with Crippen molar-refractivity contribution in [3.05, 3.63) is 102 Å². The average Bonchev–Trinajstić information content (AvgIpc) is 2.89. The molecule has 0 heterocycles. The van der Waals surface area contributed by atoms with Gasteiger partial charge in [-0.25, -0.2) is 12.8 Å². The van der Waals surface area contributed by atoms with Gasteiger partial charge in [-0.15, -0.1) is 0 Å². The molecule has 3 aromatic carbocycles. The number of nitrogens with one attached hydrogen (secondary N) is 1. The Bertz CT molecular complexity index is 1300. The van der Waals surface area contributed by atoms with Crippen LogP contribution in [0, 0.1) is 11.7 Å². The summed E-state index contributed by atoms with van der Waals surface area (Å²) in [4.78, 5) is 28.8. The minimum Gasteiger partial charge on any atom is -0.354 e. The lowest BCUT2D eigenvalue weighted by molar-refractivity contribution is -0.140. The highest BCUT2D eigenvalue weighted by atomic mass is 32.2. The fraction of sp³-hybridized carbons (Fsp3) is 0.310. The Morgan fingerprint density at radius 2 is 1.42 bits per heavy atom. The van der Waals surface area contributed by atoms with Crippen LogP contribution in [0.2, 0.25) is 0 Å². The minimum absolute atomic E-state index is 0.104. The number of rotatable bonds is 12. The molecule has 0 spiro atoms. The Morgan fingerprint density at radius 1 is 0.868 bits per heavy atom. The van der Waals surface area contributed by atoms with Crippen molar-refractivity contribution in [3.63, 3.8) is 0 Å². The van der Waals surface area contributed by atoms with Crippen LogP contribution in [0.1, 0.15) is 25.0 Å². The highest BCUT2D eigenvalue weighted by molar-refractivity contribution is 7.92. The third-order valence-corrected chi connectivity index (χ3v) is 7.09. The van der Waals surface area contributed by atoms with E-state index in [4.69, 9.17) is 0 Å². The van der Waals surface area contributed by atoms with Crippen LogP contribution in [0.15, 0.2) is 84.9 Å². The van der Waals surface area contributed by atoms with E-state index in [9.17, 15) is 22.4 Å². The molecular weight excluding hydrogens is 505 g/mol. The molecule has 0 radical (unpaired) electrons. The van der Waals surface area contributed by atoms with Crippen LogP contribution in [-0.4, -0.2) is 50.5 Å². The summed E-state index contributed by atoms with van der Waals surface area (Å²) in [5.41, 5.74) is 1.82. The van der Waals surface area contributed by atoms with Gasteiger partial charge in [-0.2, -0.15) is 0 Å². The lowest BCUT2D eigenvalue weighted by atomic mass is 10.0. The topological polar surface area (TPSA) is 86.8 Å². The van der Waals surface area contributed by atoms with Crippen molar-refractivity contribution >= 4 is 27.5 Å². The molecule has 0 aliphatic carbocycles. The second-order valence-electron chi connectivity index (χ2n) is 9.60. The molecular formula is C29H34FN3O4S. The maximum Gasteiger partial charge on any atom is 0.244 e. The standard InChI is InChI=1S/C29H34FN3O4S/c1-22(2)19-31-29(35)27(18-23-10-6-4-7-11-23)32(20-24-12-8-5-9-13-24)28(34)21-33(38(3,36)37)26-16-14-25(30)15-17-26/h4-17,22,27H,18-21H2,1-3H3,(H,31,35). The molecule has 0 saturated carbocycles. The maximum atomic E-state index is 13.9. The van der Waals surface area contributed by atoms with E-state index in [1.807, 2.05) is 74.5 Å². The van der Waals surface area contributed by atoms with Gasteiger partial charge in [-0.05, 0) is 41.3 Å². The van der Waals surface area contributed by atoms with Crippen LogP contribution >= 0.6 is 0 Å². The predicted octanol–water partition coefficient (Wildman–Crippen LogP) is 4.00. The SMILES string of the molecule is CC(C)CNC(=O)C(Cc1ccccc1)N(Cc1ccccc1)C(=O)CN(c1ccc(F)cc1)S(C)(=O)=O. The predicted molar refractivity (Wildman–Crippen MR) is 147 cm³/mol. The molecule has 1 atom stereocenters. The molecule has 0 bridgehead atoms. The highest BCUT2D eigenvalue weighted by Crippen LogP contribution is 2.20. The number of amides is 2. The van der Waals surface area contributed by atoms with Crippen molar-refractivity contribution in [3.8, 4) is 0 Å².